The molecule has 0 fully saturated rings. The Bertz CT molecular complexity index is 460. The molecule has 1 aromatic rings. The van der Waals surface area contributed by atoms with Crippen LogP contribution in [0.1, 0.15) is 17.8 Å². The number of aromatic nitrogens is 1. The molecule has 0 saturated heterocycles. The lowest BCUT2D eigenvalue weighted by Crippen LogP contribution is -2.13. The molecule has 1 heterocycles. The molecule has 0 aliphatic carbocycles. The molecule has 0 aliphatic rings. The van der Waals surface area contributed by atoms with E-state index >= 15 is 0 Å². The summed E-state index contributed by atoms with van der Waals surface area (Å²) in [5.41, 5.74) is -5.21. The van der Waals surface area contributed by atoms with Gasteiger partial charge in [-0.25, -0.2) is 13.8 Å². The van der Waals surface area contributed by atoms with E-state index in [0.29, 0.717) is 0 Å². The fourth-order valence-electron chi connectivity index (χ4n) is 1.02. The van der Waals surface area contributed by atoms with Gasteiger partial charge in [0, 0.05) is 0 Å². The molecular formula is C7H3F5N2O3. The van der Waals surface area contributed by atoms with Crippen molar-refractivity contribution >= 4 is 5.69 Å². The SMILES string of the molecule is O=[N+]([O-])c1cc(O)c(C(F)F)nc1C(F)(F)F. The highest BCUT2D eigenvalue weighted by molar-refractivity contribution is 5.45. The van der Waals surface area contributed by atoms with Gasteiger partial charge in [0.25, 0.3) is 6.43 Å². The van der Waals surface area contributed by atoms with E-state index in [-0.39, 0.29) is 6.07 Å². The van der Waals surface area contributed by atoms with Crippen molar-refractivity contribution < 1.29 is 32.0 Å². The number of rotatable bonds is 2. The van der Waals surface area contributed by atoms with Crippen molar-refractivity contribution in [2.45, 2.75) is 12.6 Å². The smallest absolute Gasteiger partial charge is 0.440 e. The molecule has 0 saturated carbocycles. The zero-order chi connectivity index (χ0) is 13.4. The van der Waals surface area contributed by atoms with Crippen LogP contribution in [0.2, 0.25) is 0 Å². The van der Waals surface area contributed by atoms with Gasteiger partial charge in [-0.2, -0.15) is 13.2 Å². The van der Waals surface area contributed by atoms with Crippen molar-refractivity contribution in [1.29, 1.82) is 0 Å². The molecule has 0 unspecified atom stereocenters. The Morgan fingerprint density at radius 2 is 1.94 bits per heavy atom. The van der Waals surface area contributed by atoms with E-state index in [1.807, 2.05) is 0 Å². The first-order valence-corrected chi connectivity index (χ1v) is 3.88. The Morgan fingerprint density at radius 1 is 1.41 bits per heavy atom. The third-order valence-electron chi connectivity index (χ3n) is 1.68. The van der Waals surface area contributed by atoms with E-state index in [4.69, 9.17) is 5.11 Å². The van der Waals surface area contributed by atoms with Gasteiger partial charge in [-0.3, -0.25) is 10.1 Å². The lowest BCUT2D eigenvalue weighted by molar-refractivity contribution is -0.388. The quantitative estimate of drug-likeness (QED) is 0.502. The number of pyridine rings is 1. The van der Waals surface area contributed by atoms with Crippen LogP contribution in [-0.4, -0.2) is 15.0 Å². The molecule has 17 heavy (non-hydrogen) atoms. The maximum atomic E-state index is 12.3. The number of nitro groups is 1. The first-order valence-electron chi connectivity index (χ1n) is 3.88. The molecule has 0 amide bonds. The second-order valence-corrected chi connectivity index (χ2v) is 2.82. The van der Waals surface area contributed by atoms with E-state index < -0.39 is 40.3 Å². The summed E-state index contributed by atoms with van der Waals surface area (Å²) in [6.45, 7) is 0. The molecule has 1 N–H and O–H groups in total. The van der Waals surface area contributed by atoms with Crippen LogP contribution >= 0.6 is 0 Å². The summed E-state index contributed by atoms with van der Waals surface area (Å²) < 4.78 is 61.2. The Labute approximate surface area is 89.7 Å². The highest BCUT2D eigenvalue weighted by Crippen LogP contribution is 2.39. The molecule has 0 spiro atoms. The van der Waals surface area contributed by atoms with Crippen molar-refractivity contribution in [3.63, 3.8) is 0 Å². The van der Waals surface area contributed by atoms with Gasteiger partial charge in [0.05, 0.1) is 11.0 Å². The van der Waals surface area contributed by atoms with Gasteiger partial charge in [-0.05, 0) is 0 Å². The van der Waals surface area contributed by atoms with Gasteiger partial charge in [-0.15, -0.1) is 0 Å². The summed E-state index contributed by atoms with van der Waals surface area (Å²) in [4.78, 5) is 11.2. The summed E-state index contributed by atoms with van der Waals surface area (Å²) in [5.74, 6) is -1.36. The van der Waals surface area contributed by atoms with E-state index in [0.717, 1.165) is 0 Å². The summed E-state index contributed by atoms with van der Waals surface area (Å²) in [6, 6.07) is -0.00266. The largest absolute Gasteiger partial charge is 0.506 e. The van der Waals surface area contributed by atoms with Crippen LogP contribution < -0.4 is 0 Å². The van der Waals surface area contributed by atoms with E-state index in [1.54, 1.807) is 0 Å². The van der Waals surface area contributed by atoms with Gasteiger partial charge in [-0.1, -0.05) is 0 Å². The third kappa shape index (κ3) is 2.57. The van der Waals surface area contributed by atoms with Crippen LogP contribution in [0.4, 0.5) is 27.6 Å². The van der Waals surface area contributed by atoms with Gasteiger partial charge >= 0.3 is 11.9 Å². The van der Waals surface area contributed by atoms with Gasteiger partial charge in [0.15, 0.2) is 0 Å². The predicted octanol–water partition coefficient (Wildman–Crippen LogP) is 2.65. The lowest BCUT2D eigenvalue weighted by Gasteiger charge is -2.09. The third-order valence-corrected chi connectivity index (χ3v) is 1.68. The standard InChI is InChI=1S/C7H3F5N2O3/c8-6(9)4-3(15)1-2(14(16)17)5(13-4)7(10,11)12/h1,6,15H. The summed E-state index contributed by atoms with van der Waals surface area (Å²) in [6.07, 6.45) is -8.74. The fraction of sp³-hybridized carbons (Fsp3) is 0.286. The highest BCUT2D eigenvalue weighted by atomic mass is 19.4. The normalized spacial score (nSPS) is 11.9. The molecule has 0 radical (unpaired) electrons. The van der Waals surface area contributed by atoms with Crippen LogP contribution in [-0.2, 0) is 6.18 Å². The summed E-state index contributed by atoms with van der Waals surface area (Å²) >= 11 is 0. The fourth-order valence-corrected chi connectivity index (χ4v) is 1.02. The Balaban J connectivity index is 3.54. The van der Waals surface area contributed by atoms with Gasteiger partial charge < -0.3 is 5.11 Å². The molecule has 0 aliphatic heterocycles. The molecule has 1 aromatic heterocycles. The minimum absolute atomic E-state index is 0.00266. The molecule has 0 atom stereocenters. The minimum atomic E-state index is -5.26. The number of hydrogen-bond donors (Lipinski definition) is 1. The molecule has 0 bridgehead atoms. The Morgan fingerprint density at radius 3 is 2.29 bits per heavy atom. The minimum Gasteiger partial charge on any atom is -0.506 e. The summed E-state index contributed by atoms with van der Waals surface area (Å²) in [5, 5.41) is 19.2. The average molecular weight is 258 g/mol. The zero-order valence-electron chi connectivity index (χ0n) is 7.70. The second-order valence-electron chi connectivity index (χ2n) is 2.82. The van der Waals surface area contributed by atoms with Gasteiger partial charge in [0.1, 0.15) is 11.4 Å². The molecule has 0 aromatic carbocycles. The molecule has 10 heteroatoms. The van der Waals surface area contributed by atoms with Crippen molar-refractivity contribution in [3.05, 3.63) is 27.6 Å². The van der Waals surface area contributed by atoms with Crippen molar-refractivity contribution in [1.82, 2.24) is 4.98 Å². The van der Waals surface area contributed by atoms with Crippen LogP contribution in [0, 0.1) is 10.1 Å². The molecule has 94 valence electrons. The number of alkyl halides is 5. The van der Waals surface area contributed by atoms with Crippen LogP contribution in [0.25, 0.3) is 0 Å². The lowest BCUT2D eigenvalue weighted by atomic mass is 10.2. The summed E-state index contributed by atoms with van der Waals surface area (Å²) in [7, 11) is 0. The van der Waals surface area contributed by atoms with Crippen molar-refractivity contribution in [3.8, 4) is 5.75 Å². The van der Waals surface area contributed by atoms with E-state index in [9.17, 15) is 32.1 Å². The molecule has 5 nitrogen and oxygen atoms in total. The second kappa shape index (κ2) is 4.11. The Hall–Kier alpha value is -2.00. The molecule has 1 rings (SSSR count). The maximum absolute atomic E-state index is 12.3. The zero-order valence-corrected chi connectivity index (χ0v) is 7.70. The topological polar surface area (TPSA) is 76.3 Å². The number of halogens is 5. The van der Waals surface area contributed by atoms with Crippen molar-refractivity contribution in [2.75, 3.05) is 0 Å². The number of aromatic hydroxyl groups is 1. The van der Waals surface area contributed by atoms with E-state index in [2.05, 4.69) is 4.98 Å². The number of hydrogen-bond acceptors (Lipinski definition) is 4. The van der Waals surface area contributed by atoms with E-state index in [1.165, 1.54) is 0 Å². The monoisotopic (exact) mass is 258 g/mol. The Kier molecular flexibility index (Phi) is 3.16. The number of nitrogens with zero attached hydrogens (tertiary/aromatic N) is 2. The van der Waals surface area contributed by atoms with Crippen LogP contribution in [0.15, 0.2) is 6.07 Å². The first-order chi connectivity index (χ1) is 7.64. The highest BCUT2D eigenvalue weighted by Gasteiger charge is 2.42. The first kappa shape index (κ1) is 13.1. The molecular weight excluding hydrogens is 255 g/mol. The predicted molar refractivity (Wildman–Crippen MR) is 42.5 cm³/mol. The van der Waals surface area contributed by atoms with Crippen LogP contribution in [0.3, 0.4) is 0 Å². The maximum Gasteiger partial charge on any atom is 0.440 e. The van der Waals surface area contributed by atoms with Gasteiger partial charge in [0.2, 0.25) is 5.69 Å². The van der Waals surface area contributed by atoms with Crippen molar-refractivity contribution in [2.24, 2.45) is 0 Å². The van der Waals surface area contributed by atoms with Crippen LogP contribution in [0.5, 0.6) is 5.75 Å². The average Bonchev–Trinajstić information content (AvgIpc) is 2.14.